The number of fused-ring (bicyclic) bond motifs is 3. The van der Waals surface area contributed by atoms with E-state index in [1.54, 1.807) is 4.90 Å². The third kappa shape index (κ3) is 5.28. The topological polar surface area (TPSA) is 95.9 Å². The van der Waals surface area contributed by atoms with Gasteiger partial charge in [0.2, 0.25) is 5.91 Å². The van der Waals surface area contributed by atoms with Crippen LogP contribution < -0.4 is 5.32 Å². The van der Waals surface area contributed by atoms with E-state index in [0.29, 0.717) is 19.4 Å². The molecular formula is C31H32N2O5. The van der Waals surface area contributed by atoms with Crippen molar-refractivity contribution in [3.8, 4) is 11.1 Å². The van der Waals surface area contributed by atoms with Crippen LogP contribution in [0.2, 0.25) is 0 Å². The van der Waals surface area contributed by atoms with E-state index in [-0.39, 0.29) is 37.9 Å². The minimum absolute atomic E-state index is 0.0372. The van der Waals surface area contributed by atoms with Crippen LogP contribution in [0.15, 0.2) is 78.9 Å². The van der Waals surface area contributed by atoms with Crippen molar-refractivity contribution in [1.29, 1.82) is 0 Å². The Morgan fingerprint density at radius 3 is 2.08 bits per heavy atom. The largest absolute Gasteiger partial charge is 0.481 e. The highest BCUT2D eigenvalue weighted by molar-refractivity contribution is 5.85. The summed E-state index contributed by atoms with van der Waals surface area (Å²) in [6.45, 7) is 0.829. The predicted octanol–water partition coefficient (Wildman–Crippen LogP) is 5.20. The van der Waals surface area contributed by atoms with Crippen LogP contribution in [0.5, 0.6) is 0 Å². The van der Waals surface area contributed by atoms with Gasteiger partial charge >= 0.3 is 12.1 Å². The van der Waals surface area contributed by atoms with Gasteiger partial charge in [-0.05, 0) is 40.7 Å². The van der Waals surface area contributed by atoms with E-state index in [1.165, 1.54) is 0 Å². The molecule has 0 atom stereocenters. The predicted molar refractivity (Wildman–Crippen MR) is 143 cm³/mol. The number of alkyl carbamates (subject to hydrolysis) is 1. The second-order valence-corrected chi connectivity index (χ2v) is 10.2. The van der Waals surface area contributed by atoms with Crippen molar-refractivity contribution in [2.24, 2.45) is 5.41 Å². The van der Waals surface area contributed by atoms with Gasteiger partial charge in [0.25, 0.3) is 0 Å². The summed E-state index contributed by atoms with van der Waals surface area (Å²) >= 11 is 0. The summed E-state index contributed by atoms with van der Waals surface area (Å²) in [5.74, 6) is -1.10. The summed E-state index contributed by atoms with van der Waals surface area (Å²) in [5, 5.41) is 12.1. The molecule has 196 valence electrons. The number of aliphatic carboxylic acids is 1. The fourth-order valence-corrected chi connectivity index (χ4v) is 5.58. The Hall–Kier alpha value is -4.13. The molecule has 0 spiro atoms. The van der Waals surface area contributed by atoms with Crippen LogP contribution >= 0.6 is 0 Å². The molecule has 0 heterocycles. The van der Waals surface area contributed by atoms with Crippen molar-refractivity contribution in [2.45, 2.75) is 38.1 Å². The first-order valence-corrected chi connectivity index (χ1v) is 13.1. The van der Waals surface area contributed by atoms with Crippen LogP contribution in [-0.2, 0) is 20.9 Å². The zero-order chi connectivity index (χ0) is 26.5. The molecule has 5 rings (SSSR count). The molecule has 0 bridgehead atoms. The average molecular weight is 513 g/mol. The second-order valence-electron chi connectivity index (χ2n) is 10.2. The Kier molecular flexibility index (Phi) is 7.45. The summed E-state index contributed by atoms with van der Waals surface area (Å²) in [7, 11) is 0. The van der Waals surface area contributed by atoms with Crippen molar-refractivity contribution < 1.29 is 24.2 Å². The van der Waals surface area contributed by atoms with E-state index < -0.39 is 17.5 Å². The summed E-state index contributed by atoms with van der Waals surface area (Å²) in [4.78, 5) is 39.3. The fourth-order valence-electron chi connectivity index (χ4n) is 5.58. The SMILES string of the molecule is O=C(O)CCN(Cc1ccccc1)C(=O)C1(CNC(=O)OCC2c3ccccc3-c3ccccc32)CCC1. The highest BCUT2D eigenvalue weighted by Crippen LogP contribution is 2.45. The maximum atomic E-state index is 13.7. The number of nitrogens with zero attached hydrogens (tertiary/aromatic N) is 1. The third-order valence-electron chi connectivity index (χ3n) is 7.78. The number of nitrogens with one attached hydrogen (secondary N) is 1. The Morgan fingerprint density at radius 1 is 0.895 bits per heavy atom. The molecule has 0 saturated heterocycles. The van der Waals surface area contributed by atoms with E-state index in [2.05, 4.69) is 29.6 Å². The molecule has 2 aliphatic rings. The van der Waals surface area contributed by atoms with Crippen molar-refractivity contribution >= 4 is 18.0 Å². The van der Waals surface area contributed by atoms with Gasteiger partial charge in [0.1, 0.15) is 6.61 Å². The van der Waals surface area contributed by atoms with Gasteiger partial charge in [-0.15, -0.1) is 0 Å². The van der Waals surface area contributed by atoms with Crippen LogP contribution in [0.3, 0.4) is 0 Å². The number of ether oxygens (including phenoxy) is 1. The van der Waals surface area contributed by atoms with Crippen molar-refractivity contribution in [3.63, 3.8) is 0 Å². The molecule has 2 amide bonds. The number of hydrogen-bond donors (Lipinski definition) is 2. The molecule has 0 aliphatic heterocycles. The molecule has 0 unspecified atom stereocenters. The van der Waals surface area contributed by atoms with Gasteiger partial charge in [0.15, 0.2) is 0 Å². The van der Waals surface area contributed by atoms with E-state index in [9.17, 15) is 19.5 Å². The molecule has 7 heteroatoms. The van der Waals surface area contributed by atoms with Gasteiger partial charge in [-0.2, -0.15) is 0 Å². The Morgan fingerprint density at radius 2 is 1.50 bits per heavy atom. The third-order valence-corrected chi connectivity index (χ3v) is 7.78. The number of carbonyl (C=O) groups is 3. The lowest BCUT2D eigenvalue weighted by molar-refractivity contribution is -0.148. The van der Waals surface area contributed by atoms with Crippen molar-refractivity contribution in [1.82, 2.24) is 10.2 Å². The molecular weight excluding hydrogens is 480 g/mol. The van der Waals surface area contributed by atoms with Crippen LogP contribution in [0, 0.1) is 5.41 Å². The number of hydrogen-bond acceptors (Lipinski definition) is 4. The average Bonchev–Trinajstić information content (AvgIpc) is 3.23. The van der Waals surface area contributed by atoms with Crippen LogP contribution in [0.4, 0.5) is 4.79 Å². The van der Waals surface area contributed by atoms with Gasteiger partial charge in [0.05, 0.1) is 11.8 Å². The number of rotatable bonds is 10. The quantitative estimate of drug-likeness (QED) is 0.389. The highest BCUT2D eigenvalue weighted by Gasteiger charge is 2.46. The summed E-state index contributed by atoms with van der Waals surface area (Å²) in [6.07, 6.45) is 1.50. The Labute approximate surface area is 222 Å². The molecule has 1 saturated carbocycles. The normalized spacial score (nSPS) is 15.1. The summed E-state index contributed by atoms with van der Waals surface area (Å²) < 4.78 is 5.67. The molecule has 1 fully saturated rings. The van der Waals surface area contributed by atoms with E-state index in [0.717, 1.165) is 34.2 Å². The molecule has 2 aliphatic carbocycles. The lowest BCUT2D eigenvalue weighted by Crippen LogP contribution is -2.54. The van der Waals surface area contributed by atoms with Gasteiger partial charge in [-0.3, -0.25) is 9.59 Å². The minimum Gasteiger partial charge on any atom is -0.481 e. The number of carboxylic acid groups (broad SMARTS) is 1. The lowest BCUT2D eigenvalue weighted by atomic mass is 9.67. The standard InChI is InChI=1S/C31H32N2O5/c34-28(35)15-18-33(19-22-9-2-1-3-10-22)29(36)31(16-8-17-31)21-32-30(37)38-20-27-25-13-6-4-11-23(25)24-12-5-7-14-26(24)27/h1-7,9-14,27H,8,15-21H2,(H,32,37)(H,34,35). The first-order chi connectivity index (χ1) is 18.5. The van der Waals surface area contributed by atoms with Gasteiger partial charge in [-0.25, -0.2) is 4.79 Å². The Balaban J connectivity index is 1.22. The second kappa shape index (κ2) is 11.1. The minimum atomic E-state index is -0.949. The van der Waals surface area contributed by atoms with Crippen molar-refractivity contribution in [3.05, 3.63) is 95.6 Å². The zero-order valence-corrected chi connectivity index (χ0v) is 21.3. The van der Waals surface area contributed by atoms with E-state index in [1.807, 2.05) is 54.6 Å². The molecule has 2 N–H and O–H groups in total. The van der Waals surface area contributed by atoms with E-state index in [4.69, 9.17) is 4.74 Å². The molecule has 7 nitrogen and oxygen atoms in total. The van der Waals surface area contributed by atoms with Crippen LogP contribution in [-0.4, -0.2) is 47.7 Å². The number of carbonyl (C=O) groups excluding carboxylic acids is 2. The van der Waals surface area contributed by atoms with Crippen LogP contribution in [0.1, 0.15) is 48.3 Å². The molecule has 3 aromatic carbocycles. The van der Waals surface area contributed by atoms with Crippen molar-refractivity contribution in [2.75, 3.05) is 19.7 Å². The number of benzene rings is 3. The van der Waals surface area contributed by atoms with Crippen LogP contribution in [0.25, 0.3) is 11.1 Å². The molecule has 38 heavy (non-hydrogen) atoms. The lowest BCUT2D eigenvalue weighted by Gasteiger charge is -2.43. The smallest absolute Gasteiger partial charge is 0.407 e. The van der Waals surface area contributed by atoms with Gasteiger partial charge in [-0.1, -0.05) is 85.3 Å². The summed E-state index contributed by atoms with van der Waals surface area (Å²) in [6, 6.07) is 25.9. The van der Waals surface area contributed by atoms with Gasteiger partial charge < -0.3 is 20.1 Å². The maximum Gasteiger partial charge on any atom is 0.407 e. The van der Waals surface area contributed by atoms with E-state index >= 15 is 0 Å². The highest BCUT2D eigenvalue weighted by atomic mass is 16.5. The Bertz CT molecular complexity index is 1270. The van der Waals surface area contributed by atoms with Gasteiger partial charge in [0, 0.05) is 25.6 Å². The zero-order valence-electron chi connectivity index (χ0n) is 21.3. The molecule has 3 aromatic rings. The number of carboxylic acids is 1. The summed E-state index contributed by atoms with van der Waals surface area (Å²) in [5.41, 5.74) is 4.81. The fraction of sp³-hybridized carbons (Fsp3) is 0.323. The monoisotopic (exact) mass is 512 g/mol. The first kappa shape index (κ1) is 25.5. The first-order valence-electron chi connectivity index (χ1n) is 13.1. The molecule has 0 radical (unpaired) electrons. The molecule has 0 aromatic heterocycles. The number of amides is 2. The maximum absolute atomic E-state index is 13.7.